The normalized spacial score (nSPS) is 23.1. The number of benzene rings is 1. The molecule has 4 nitrogen and oxygen atoms in total. The Balaban J connectivity index is 2.17. The molecule has 2 N–H and O–H groups in total. The van der Waals surface area contributed by atoms with Crippen LogP contribution >= 0.6 is 0 Å². The van der Waals surface area contributed by atoms with Crippen molar-refractivity contribution in [1.29, 1.82) is 0 Å². The van der Waals surface area contributed by atoms with Crippen molar-refractivity contribution < 1.29 is 18.7 Å². The van der Waals surface area contributed by atoms with E-state index in [0.717, 1.165) is 12.1 Å². The molecule has 1 heterocycles. The van der Waals surface area contributed by atoms with Gasteiger partial charge in [-0.1, -0.05) is 0 Å². The predicted octanol–water partition coefficient (Wildman–Crippen LogP) is 0.369. The Morgan fingerprint density at radius 3 is 2.67 bits per heavy atom. The van der Waals surface area contributed by atoms with E-state index < -0.39 is 23.6 Å². The fraction of sp³-hybridized carbons (Fsp3) is 0.417. The first kappa shape index (κ1) is 12.9. The average molecular weight is 256 g/mol. The fourth-order valence-corrected chi connectivity index (χ4v) is 2.03. The third kappa shape index (κ3) is 2.34. The van der Waals surface area contributed by atoms with Gasteiger partial charge in [0.15, 0.2) is 11.6 Å². The van der Waals surface area contributed by atoms with Crippen LogP contribution in [0.25, 0.3) is 0 Å². The molecule has 98 valence electrons. The highest BCUT2D eigenvalue weighted by Gasteiger charge is 2.31. The summed E-state index contributed by atoms with van der Waals surface area (Å²) in [5, 5.41) is 12.6. The van der Waals surface area contributed by atoms with Crippen molar-refractivity contribution in [3.8, 4) is 0 Å². The second kappa shape index (κ2) is 4.99. The van der Waals surface area contributed by atoms with Gasteiger partial charge in [0.1, 0.15) is 0 Å². The van der Waals surface area contributed by atoms with Crippen molar-refractivity contribution >= 4 is 5.91 Å². The molecule has 2 rings (SSSR count). The van der Waals surface area contributed by atoms with E-state index in [1.54, 1.807) is 0 Å². The van der Waals surface area contributed by atoms with E-state index in [9.17, 15) is 18.7 Å². The van der Waals surface area contributed by atoms with Gasteiger partial charge < -0.3 is 15.3 Å². The third-order valence-electron chi connectivity index (χ3n) is 3.14. The van der Waals surface area contributed by atoms with Gasteiger partial charge in [-0.05, 0) is 18.2 Å². The summed E-state index contributed by atoms with van der Waals surface area (Å²) in [6, 6.07) is 2.65. The summed E-state index contributed by atoms with van der Waals surface area (Å²) in [5.41, 5.74) is 0.0653. The van der Waals surface area contributed by atoms with Gasteiger partial charge in [-0.2, -0.15) is 0 Å². The topological polar surface area (TPSA) is 52.6 Å². The lowest BCUT2D eigenvalue weighted by molar-refractivity contribution is 0.0580. The highest BCUT2D eigenvalue weighted by molar-refractivity contribution is 5.94. The Morgan fingerprint density at radius 1 is 1.39 bits per heavy atom. The molecule has 1 aliphatic rings. The molecule has 1 amide bonds. The summed E-state index contributed by atoms with van der Waals surface area (Å²) >= 11 is 0. The van der Waals surface area contributed by atoms with Crippen LogP contribution in [0.15, 0.2) is 18.2 Å². The molecule has 1 aromatic carbocycles. The smallest absolute Gasteiger partial charge is 0.254 e. The van der Waals surface area contributed by atoms with Crippen LogP contribution in [-0.2, 0) is 0 Å². The lowest BCUT2D eigenvalue weighted by Gasteiger charge is -2.26. The molecule has 1 aliphatic heterocycles. The lowest BCUT2D eigenvalue weighted by Crippen LogP contribution is -2.44. The molecule has 0 saturated carbocycles. The summed E-state index contributed by atoms with van der Waals surface area (Å²) in [4.78, 5) is 13.4. The number of hydrogen-bond donors (Lipinski definition) is 2. The molecule has 0 spiro atoms. The highest BCUT2D eigenvalue weighted by atomic mass is 19.2. The van der Waals surface area contributed by atoms with E-state index in [4.69, 9.17) is 0 Å². The van der Waals surface area contributed by atoms with Crippen LogP contribution in [0.5, 0.6) is 0 Å². The van der Waals surface area contributed by atoms with Gasteiger partial charge in [0.2, 0.25) is 0 Å². The van der Waals surface area contributed by atoms with E-state index in [1.165, 1.54) is 18.0 Å². The monoisotopic (exact) mass is 256 g/mol. The Hall–Kier alpha value is -1.53. The van der Waals surface area contributed by atoms with Gasteiger partial charge in [-0.15, -0.1) is 0 Å². The number of nitrogens with zero attached hydrogens (tertiary/aromatic N) is 1. The van der Waals surface area contributed by atoms with Crippen molar-refractivity contribution in [2.24, 2.45) is 0 Å². The molecule has 0 aromatic heterocycles. The molecule has 1 aromatic rings. The first-order valence-corrected chi connectivity index (χ1v) is 5.61. The number of nitrogens with one attached hydrogen (secondary N) is 1. The summed E-state index contributed by atoms with van der Waals surface area (Å²) in [6.45, 7) is 0.896. The van der Waals surface area contributed by atoms with E-state index in [2.05, 4.69) is 5.32 Å². The van der Waals surface area contributed by atoms with Crippen LogP contribution in [0.2, 0.25) is 0 Å². The molecule has 2 atom stereocenters. The van der Waals surface area contributed by atoms with Crippen LogP contribution in [0.1, 0.15) is 10.4 Å². The minimum Gasteiger partial charge on any atom is -0.390 e. The van der Waals surface area contributed by atoms with E-state index in [-0.39, 0.29) is 11.6 Å². The van der Waals surface area contributed by atoms with Crippen LogP contribution in [0, 0.1) is 11.6 Å². The molecule has 6 heteroatoms. The van der Waals surface area contributed by atoms with Gasteiger partial charge in [-0.3, -0.25) is 4.79 Å². The van der Waals surface area contributed by atoms with E-state index >= 15 is 0 Å². The van der Waals surface area contributed by atoms with Gasteiger partial charge >= 0.3 is 0 Å². The summed E-state index contributed by atoms with van der Waals surface area (Å²) < 4.78 is 25.8. The standard InChI is InChI=1S/C12H14F2N2O2/c1-16(10-5-15-6-11(10)17)12(18)7-2-3-8(13)9(14)4-7/h2-4,10-11,15,17H,5-6H2,1H3/t10-,11-/m1/s1. The molecule has 0 radical (unpaired) electrons. The second-order valence-electron chi connectivity index (χ2n) is 4.34. The number of amides is 1. The Morgan fingerprint density at radius 2 is 2.11 bits per heavy atom. The maximum atomic E-state index is 13.0. The third-order valence-corrected chi connectivity index (χ3v) is 3.14. The minimum absolute atomic E-state index is 0.0653. The lowest BCUT2D eigenvalue weighted by atomic mass is 10.1. The number of aliphatic hydroxyl groups is 1. The largest absolute Gasteiger partial charge is 0.390 e. The maximum Gasteiger partial charge on any atom is 0.254 e. The molecule has 18 heavy (non-hydrogen) atoms. The summed E-state index contributed by atoms with van der Waals surface area (Å²) in [7, 11) is 1.53. The quantitative estimate of drug-likeness (QED) is 0.804. The zero-order valence-electron chi connectivity index (χ0n) is 9.86. The molecule has 0 aliphatic carbocycles. The van der Waals surface area contributed by atoms with Crippen molar-refractivity contribution in [1.82, 2.24) is 10.2 Å². The van der Waals surface area contributed by atoms with Crippen molar-refractivity contribution in [3.05, 3.63) is 35.4 Å². The number of halogens is 2. The first-order valence-electron chi connectivity index (χ1n) is 5.61. The molecular weight excluding hydrogens is 242 g/mol. The van der Waals surface area contributed by atoms with Crippen LogP contribution in [-0.4, -0.2) is 48.2 Å². The fourth-order valence-electron chi connectivity index (χ4n) is 2.03. The summed E-state index contributed by atoms with van der Waals surface area (Å²) in [5.74, 6) is -2.49. The zero-order chi connectivity index (χ0) is 13.3. The first-order chi connectivity index (χ1) is 8.50. The molecule has 0 unspecified atom stereocenters. The number of aliphatic hydroxyl groups excluding tert-OH is 1. The summed E-state index contributed by atoms with van der Waals surface area (Å²) in [6.07, 6.45) is -0.649. The molecular formula is C12H14F2N2O2. The van der Waals surface area contributed by atoms with Crippen LogP contribution < -0.4 is 5.32 Å². The number of carbonyl (C=O) groups excluding carboxylic acids is 1. The van der Waals surface area contributed by atoms with Gasteiger partial charge in [0.25, 0.3) is 5.91 Å². The average Bonchev–Trinajstić information content (AvgIpc) is 2.77. The Bertz CT molecular complexity index is 467. The Labute approximate surface area is 103 Å². The SMILES string of the molecule is CN(C(=O)c1ccc(F)c(F)c1)[C@@H]1CNC[C@H]1O. The van der Waals surface area contributed by atoms with Gasteiger partial charge in [0, 0.05) is 25.7 Å². The zero-order valence-corrected chi connectivity index (χ0v) is 9.86. The van der Waals surface area contributed by atoms with Crippen molar-refractivity contribution in [2.45, 2.75) is 12.1 Å². The number of rotatable bonds is 2. The van der Waals surface area contributed by atoms with Gasteiger partial charge in [-0.25, -0.2) is 8.78 Å². The van der Waals surface area contributed by atoms with E-state index in [0.29, 0.717) is 13.1 Å². The van der Waals surface area contributed by atoms with Crippen LogP contribution in [0.4, 0.5) is 8.78 Å². The molecule has 1 fully saturated rings. The van der Waals surface area contributed by atoms with Crippen molar-refractivity contribution in [3.63, 3.8) is 0 Å². The number of carbonyl (C=O) groups is 1. The Kier molecular flexibility index (Phi) is 3.58. The maximum absolute atomic E-state index is 13.0. The molecule has 1 saturated heterocycles. The van der Waals surface area contributed by atoms with Crippen LogP contribution in [0.3, 0.4) is 0 Å². The highest BCUT2D eigenvalue weighted by Crippen LogP contribution is 2.14. The number of likely N-dealkylation sites (N-methyl/N-ethyl adjacent to an activating group) is 1. The van der Waals surface area contributed by atoms with Gasteiger partial charge in [0.05, 0.1) is 12.1 Å². The van der Waals surface area contributed by atoms with E-state index in [1.807, 2.05) is 0 Å². The predicted molar refractivity (Wildman–Crippen MR) is 61.1 cm³/mol. The molecule has 0 bridgehead atoms. The minimum atomic E-state index is -1.06. The number of β-amino-alcohol motifs (C(OH)–C–C–N with tert-alkyl or cyclic N) is 1. The number of hydrogen-bond acceptors (Lipinski definition) is 3. The van der Waals surface area contributed by atoms with Crippen molar-refractivity contribution in [2.75, 3.05) is 20.1 Å². The second-order valence-corrected chi connectivity index (χ2v) is 4.34.